The van der Waals surface area contributed by atoms with Crippen molar-refractivity contribution in [3.63, 3.8) is 0 Å². The molecule has 98 valence electrons. The number of nitrogens with one attached hydrogen (secondary N) is 2. The highest BCUT2D eigenvalue weighted by Crippen LogP contribution is 2.25. The number of anilines is 1. The van der Waals surface area contributed by atoms with Gasteiger partial charge < -0.3 is 10.6 Å². The number of carbonyl (C=O) groups excluding carboxylic acids is 1. The fourth-order valence-corrected chi connectivity index (χ4v) is 2.64. The zero-order valence-corrected chi connectivity index (χ0v) is 11.3. The van der Waals surface area contributed by atoms with Crippen LogP contribution in [0.25, 0.3) is 0 Å². The van der Waals surface area contributed by atoms with Gasteiger partial charge in [0.1, 0.15) is 0 Å². The lowest BCUT2D eigenvalue weighted by Crippen LogP contribution is -2.24. The van der Waals surface area contributed by atoms with E-state index in [9.17, 15) is 4.79 Å². The second-order valence-electron chi connectivity index (χ2n) is 5.04. The SMILES string of the molecule is CNC(=O)c1cccc(NC2CCCCC2)c1C. The minimum atomic E-state index is -0.0141. The van der Waals surface area contributed by atoms with Gasteiger partial charge in [0.25, 0.3) is 5.91 Å². The van der Waals surface area contributed by atoms with Crippen LogP contribution in [0.4, 0.5) is 5.69 Å². The van der Waals surface area contributed by atoms with Gasteiger partial charge in [-0.05, 0) is 37.5 Å². The standard InChI is InChI=1S/C15H22N2O/c1-11-13(15(18)16-2)9-6-10-14(11)17-12-7-4-3-5-8-12/h6,9-10,12,17H,3-5,7-8H2,1-2H3,(H,16,18). The van der Waals surface area contributed by atoms with E-state index in [1.54, 1.807) is 7.05 Å². The molecule has 1 aliphatic rings. The predicted molar refractivity (Wildman–Crippen MR) is 75.1 cm³/mol. The predicted octanol–water partition coefficient (Wildman–Crippen LogP) is 3.10. The van der Waals surface area contributed by atoms with Crippen molar-refractivity contribution in [3.05, 3.63) is 29.3 Å². The summed E-state index contributed by atoms with van der Waals surface area (Å²) in [5.74, 6) is -0.0141. The lowest BCUT2D eigenvalue weighted by molar-refractivity contribution is 0.0962. The summed E-state index contributed by atoms with van der Waals surface area (Å²) in [5.41, 5.74) is 2.91. The van der Waals surface area contributed by atoms with E-state index in [0.717, 1.165) is 16.8 Å². The van der Waals surface area contributed by atoms with Gasteiger partial charge in [0.05, 0.1) is 0 Å². The summed E-state index contributed by atoms with van der Waals surface area (Å²) in [4.78, 5) is 11.7. The van der Waals surface area contributed by atoms with E-state index in [4.69, 9.17) is 0 Å². The maximum atomic E-state index is 11.7. The first-order chi connectivity index (χ1) is 8.72. The Balaban J connectivity index is 2.15. The average molecular weight is 246 g/mol. The lowest BCUT2D eigenvalue weighted by atomic mass is 9.94. The molecule has 0 saturated heterocycles. The fraction of sp³-hybridized carbons (Fsp3) is 0.533. The Kier molecular flexibility index (Phi) is 4.24. The molecule has 0 atom stereocenters. The van der Waals surface area contributed by atoms with Crippen LogP contribution in [0.3, 0.4) is 0 Å². The molecule has 0 aliphatic heterocycles. The van der Waals surface area contributed by atoms with Crippen LogP contribution in [0.15, 0.2) is 18.2 Å². The first-order valence-electron chi connectivity index (χ1n) is 6.80. The molecule has 1 aliphatic carbocycles. The molecule has 18 heavy (non-hydrogen) atoms. The molecule has 1 amide bonds. The van der Waals surface area contributed by atoms with Gasteiger partial charge in [-0.3, -0.25) is 4.79 Å². The summed E-state index contributed by atoms with van der Waals surface area (Å²) in [5, 5.41) is 6.27. The molecule has 0 spiro atoms. The summed E-state index contributed by atoms with van der Waals surface area (Å²) in [6.45, 7) is 2.01. The highest BCUT2D eigenvalue weighted by atomic mass is 16.1. The number of hydrogen-bond donors (Lipinski definition) is 2. The average Bonchev–Trinajstić information content (AvgIpc) is 2.41. The highest BCUT2D eigenvalue weighted by Gasteiger charge is 2.15. The number of rotatable bonds is 3. The topological polar surface area (TPSA) is 41.1 Å². The Bertz CT molecular complexity index is 423. The summed E-state index contributed by atoms with van der Waals surface area (Å²) in [7, 11) is 1.67. The zero-order valence-electron chi connectivity index (χ0n) is 11.3. The molecule has 2 rings (SSSR count). The van der Waals surface area contributed by atoms with Gasteiger partial charge in [0.15, 0.2) is 0 Å². The Morgan fingerprint density at radius 1 is 1.22 bits per heavy atom. The molecular weight excluding hydrogens is 224 g/mol. The summed E-state index contributed by atoms with van der Waals surface area (Å²) in [6.07, 6.45) is 6.46. The molecule has 0 bridgehead atoms. The molecule has 1 saturated carbocycles. The van der Waals surface area contributed by atoms with Gasteiger partial charge in [-0.2, -0.15) is 0 Å². The van der Waals surface area contributed by atoms with E-state index in [0.29, 0.717) is 6.04 Å². The number of benzene rings is 1. The first kappa shape index (κ1) is 12.9. The maximum absolute atomic E-state index is 11.7. The second-order valence-corrected chi connectivity index (χ2v) is 5.04. The third-order valence-corrected chi connectivity index (χ3v) is 3.77. The van der Waals surface area contributed by atoms with Crippen LogP contribution in [-0.2, 0) is 0 Å². The summed E-state index contributed by atoms with van der Waals surface area (Å²) >= 11 is 0. The largest absolute Gasteiger partial charge is 0.382 e. The van der Waals surface area contributed by atoms with Crippen molar-refractivity contribution in [2.24, 2.45) is 0 Å². The van der Waals surface area contributed by atoms with Crippen molar-refractivity contribution in [1.29, 1.82) is 0 Å². The summed E-state index contributed by atoms with van der Waals surface area (Å²) < 4.78 is 0. The molecule has 0 heterocycles. The highest BCUT2D eigenvalue weighted by molar-refractivity contribution is 5.96. The number of amides is 1. The van der Waals surface area contributed by atoms with Crippen LogP contribution in [-0.4, -0.2) is 19.0 Å². The van der Waals surface area contributed by atoms with Gasteiger partial charge >= 0.3 is 0 Å². The Morgan fingerprint density at radius 3 is 2.61 bits per heavy atom. The minimum Gasteiger partial charge on any atom is -0.382 e. The quantitative estimate of drug-likeness (QED) is 0.860. The molecule has 0 radical (unpaired) electrons. The fourth-order valence-electron chi connectivity index (χ4n) is 2.64. The number of hydrogen-bond acceptors (Lipinski definition) is 2. The zero-order chi connectivity index (χ0) is 13.0. The molecule has 1 aromatic rings. The van der Waals surface area contributed by atoms with Crippen LogP contribution in [0.5, 0.6) is 0 Å². The third kappa shape index (κ3) is 2.84. The van der Waals surface area contributed by atoms with E-state index in [2.05, 4.69) is 16.7 Å². The van der Waals surface area contributed by atoms with E-state index < -0.39 is 0 Å². The maximum Gasteiger partial charge on any atom is 0.251 e. The van der Waals surface area contributed by atoms with Crippen LogP contribution >= 0.6 is 0 Å². The van der Waals surface area contributed by atoms with E-state index >= 15 is 0 Å². The normalized spacial score (nSPS) is 16.3. The Hall–Kier alpha value is -1.51. The molecule has 1 aromatic carbocycles. The van der Waals surface area contributed by atoms with E-state index in [1.165, 1.54) is 32.1 Å². The molecule has 3 heteroatoms. The first-order valence-corrected chi connectivity index (χ1v) is 6.80. The van der Waals surface area contributed by atoms with Crippen LogP contribution in [0.2, 0.25) is 0 Å². The van der Waals surface area contributed by atoms with Crippen LogP contribution in [0, 0.1) is 6.92 Å². The van der Waals surface area contributed by atoms with Gasteiger partial charge in [0, 0.05) is 24.3 Å². The van der Waals surface area contributed by atoms with E-state index in [1.807, 2.05) is 19.1 Å². The Morgan fingerprint density at radius 2 is 1.94 bits per heavy atom. The van der Waals surface area contributed by atoms with E-state index in [-0.39, 0.29) is 5.91 Å². The Labute approximate surface area is 109 Å². The van der Waals surface area contributed by atoms with Crippen LogP contribution < -0.4 is 10.6 Å². The smallest absolute Gasteiger partial charge is 0.251 e. The molecule has 0 unspecified atom stereocenters. The van der Waals surface area contributed by atoms with Crippen LogP contribution in [0.1, 0.15) is 48.0 Å². The summed E-state index contributed by atoms with van der Waals surface area (Å²) in [6, 6.07) is 6.46. The molecule has 0 aromatic heterocycles. The van der Waals surface area contributed by atoms with Crippen molar-refractivity contribution >= 4 is 11.6 Å². The monoisotopic (exact) mass is 246 g/mol. The van der Waals surface area contributed by atoms with Crippen molar-refractivity contribution in [2.75, 3.05) is 12.4 Å². The van der Waals surface area contributed by atoms with Gasteiger partial charge in [-0.25, -0.2) is 0 Å². The third-order valence-electron chi connectivity index (χ3n) is 3.77. The second kappa shape index (κ2) is 5.89. The molecular formula is C15H22N2O. The lowest BCUT2D eigenvalue weighted by Gasteiger charge is -2.25. The van der Waals surface area contributed by atoms with Crippen molar-refractivity contribution in [1.82, 2.24) is 5.32 Å². The van der Waals surface area contributed by atoms with Gasteiger partial charge in [0.2, 0.25) is 0 Å². The molecule has 1 fully saturated rings. The van der Waals surface area contributed by atoms with Crippen molar-refractivity contribution < 1.29 is 4.79 Å². The number of carbonyl (C=O) groups is 1. The van der Waals surface area contributed by atoms with Crippen molar-refractivity contribution in [3.8, 4) is 0 Å². The minimum absolute atomic E-state index is 0.0141. The van der Waals surface area contributed by atoms with Gasteiger partial charge in [-0.15, -0.1) is 0 Å². The van der Waals surface area contributed by atoms with Gasteiger partial charge in [-0.1, -0.05) is 25.3 Å². The molecule has 2 N–H and O–H groups in total. The van der Waals surface area contributed by atoms with Crippen molar-refractivity contribution in [2.45, 2.75) is 45.1 Å². The molecule has 3 nitrogen and oxygen atoms in total.